The van der Waals surface area contributed by atoms with Crippen LogP contribution in [0.4, 0.5) is 8.78 Å². The summed E-state index contributed by atoms with van der Waals surface area (Å²) < 4.78 is 37.4. The van der Waals surface area contributed by atoms with Crippen LogP contribution in [0.3, 0.4) is 0 Å². The van der Waals surface area contributed by atoms with Crippen LogP contribution in [0.5, 0.6) is 11.5 Å². The van der Waals surface area contributed by atoms with Gasteiger partial charge in [-0.15, -0.1) is 0 Å². The Morgan fingerprint density at radius 1 is 1.00 bits per heavy atom. The number of hydrogen-bond acceptors (Lipinski definition) is 3. The molecule has 2 N–H and O–H groups in total. The van der Waals surface area contributed by atoms with Crippen LogP contribution in [0, 0.1) is 11.6 Å². The second kappa shape index (κ2) is 5.88. The number of methoxy groups -OCH3 is 2. The van der Waals surface area contributed by atoms with E-state index < -0.39 is 17.7 Å². The van der Waals surface area contributed by atoms with Gasteiger partial charge < -0.3 is 15.2 Å². The van der Waals surface area contributed by atoms with Crippen molar-refractivity contribution < 1.29 is 18.3 Å². The van der Waals surface area contributed by atoms with Crippen molar-refractivity contribution in [1.29, 1.82) is 0 Å². The van der Waals surface area contributed by atoms with Crippen molar-refractivity contribution in [3.8, 4) is 11.5 Å². The van der Waals surface area contributed by atoms with E-state index in [1.165, 1.54) is 44.6 Å². The van der Waals surface area contributed by atoms with Gasteiger partial charge in [0, 0.05) is 11.6 Å². The molecule has 0 saturated carbocycles. The van der Waals surface area contributed by atoms with Gasteiger partial charge in [-0.05, 0) is 23.8 Å². The fourth-order valence-electron chi connectivity index (χ4n) is 1.99. The summed E-state index contributed by atoms with van der Waals surface area (Å²) in [5.74, 6) is -0.297. The normalized spacial score (nSPS) is 12.1. The molecule has 0 aliphatic heterocycles. The van der Waals surface area contributed by atoms with E-state index in [0.29, 0.717) is 11.3 Å². The lowest BCUT2D eigenvalue weighted by atomic mass is 9.98. The number of rotatable bonds is 4. The number of nitrogens with two attached hydrogens (primary N) is 1. The van der Waals surface area contributed by atoms with Gasteiger partial charge in [0.15, 0.2) is 11.5 Å². The van der Waals surface area contributed by atoms with Crippen molar-refractivity contribution in [2.24, 2.45) is 5.73 Å². The van der Waals surface area contributed by atoms with Crippen molar-refractivity contribution in [1.82, 2.24) is 0 Å². The molecule has 2 rings (SSSR count). The molecule has 106 valence electrons. The quantitative estimate of drug-likeness (QED) is 0.935. The zero-order chi connectivity index (χ0) is 14.7. The van der Waals surface area contributed by atoms with Gasteiger partial charge in [0.25, 0.3) is 0 Å². The van der Waals surface area contributed by atoms with E-state index in [2.05, 4.69) is 0 Å². The van der Waals surface area contributed by atoms with Crippen LogP contribution in [0.2, 0.25) is 0 Å². The van der Waals surface area contributed by atoms with Crippen LogP contribution in [-0.2, 0) is 0 Å². The molecular weight excluding hydrogens is 264 g/mol. The third kappa shape index (κ3) is 2.72. The van der Waals surface area contributed by atoms with Crippen LogP contribution in [-0.4, -0.2) is 14.2 Å². The van der Waals surface area contributed by atoms with Crippen molar-refractivity contribution in [3.05, 3.63) is 59.2 Å². The highest BCUT2D eigenvalue weighted by Crippen LogP contribution is 2.33. The molecule has 2 aromatic rings. The minimum Gasteiger partial charge on any atom is -0.493 e. The second-order valence-electron chi connectivity index (χ2n) is 4.26. The summed E-state index contributed by atoms with van der Waals surface area (Å²) in [4.78, 5) is 0. The number of halogens is 2. The van der Waals surface area contributed by atoms with E-state index in [9.17, 15) is 8.78 Å². The second-order valence-corrected chi connectivity index (χ2v) is 4.26. The zero-order valence-corrected chi connectivity index (χ0v) is 11.2. The predicted molar refractivity (Wildman–Crippen MR) is 71.9 cm³/mol. The minimum absolute atomic E-state index is 0.216. The van der Waals surface area contributed by atoms with E-state index in [0.717, 1.165) is 0 Å². The molecule has 0 saturated heterocycles. The average molecular weight is 279 g/mol. The summed E-state index contributed by atoms with van der Waals surface area (Å²) in [6, 6.07) is 7.64. The number of benzene rings is 2. The molecule has 0 bridgehead atoms. The smallest absolute Gasteiger partial charge is 0.163 e. The number of hydrogen-bond donors (Lipinski definition) is 1. The molecule has 3 nitrogen and oxygen atoms in total. The topological polar surface area (TPSA) is 44.5 Å². The average Bonchev–Trinajstić information content (AvgIpc) is 2.46. The highest BCUT2D eigenvalue weighted by atomic mass is 19.1. The summed E-state index contributed by atoms with van der Waals surface area (Å²) in [6.45, 7) is 0. The van der Waals surface area contributed by atoms with Gasteiger partial charge in [-0.25, -0.2) is 8.78 Å². The van der Waals surface area contributed by atoms with E-state index in [4.69, 9.17) is 15.2 Å². The predicted octanol–water partition coefficient (Wildman–Crippen LogP) is 3.03. The first-order valence-corrected chi connectivity index (χ1v) is 5.99. The first-order chi connectivity index (χ1) is 9.56. The van der Waals surface area contributed by atoms with Gasteiger partial charge in [-0.1, -0.05) is 12.1 Å². The Bertz CT molecular complexity index is 617. The van der Waals surface area contributed by atoms with E-state index in [1.807, 2.05) is 0 Å². The molecule has 0 aliphatic carbocycles. The SMILES string of the molecule is COc1cc(F)c(C(N)c2cccc(F)c2)cc1OC. The third-order valence-electron chi connectivity index (χ3n) is 3.05. The first kappa shape index (κ1) is 14.3. The fraction of sp³-hybridized carbons (Fsp3) is 0.200. The van der Waals surface area contributed by atoms with Crippen LogP contribution in [0.1, 0.15) is 17.2 Å². The standard InChI is InChI=1S/C15H15F2NO2/c1-19-13-7-11(12(17)8-14(13)20-2)15(18)9-4-3-5-10(16)6-9/h3-8,15H,18H2,1-2H3. The summed E-state index contributed by atoms with van der Waals surface area (Å²) in [7, 11) is 2.87. The molecule has 1 unspecified atom stereocenters. The molecule has 20 heavy (non-hydrogen) atoms. The van der Waals surface area contributed by atoms with Gasteiger partial charge >= 0.3 is 0 Å². The number of ether oxygens (including phenoxy) is 2. The van der Waals surface area contributed by atoms with Crippen molar-refractivity contribution in [2.45, 2.75) is 6.04 Å². The summed E-state index contributed by atoms with van der Waals surface area (Å²) in [6.07, 6.45) is 0. The summed E-state index contributed by atoms with van der Waals surface area (Å²) in [5, 5.41) is 0. The van der Waals surface area contributed by atoms with Gasteiger partial charge in [-0.3, -0.25) is 0 Å². The Kier molecular flexibility index (Phi) is 4.20. The van der Waals surface area contributed by atoms with Crippen molar-refractivity contribution in [3.63, 3.8) is 0 Å². The Morgan fingerprint density at radius 3 is 2.25 bits per heavy atom. The Hall–Kier alpha value is -2.14. The summed E-state index contributed by atoms with van der Waals surface area (Å²) >= 11 is 0. The lowest BCUT2D eigenvalue weighted by Crippen LogP contribution is -2.14. The summed E-state index contributed by atoms with van der Waals surface area (Å²) in [5.41, 5.74) is 6.70. The molecule has 0 radical (unpaired) electrons. The van der Waals surface area contributed by atoms with E-state index in [1.54, 1.807) is 6.07 Å². The Balaban J connectivity index is 2.46. The molecule has 0 heterocycles. The third-order valence-corrected chi connectivity index (χ3v) is 3.05. The lowest BCUT2D eigenvalue weighted by molar-refractivity contribution is 0.351. The van der Waals surface area contributed by atoms with Gasteiger partial charge in [-0.2, -0.15) is 0 Å². The zero-order valence-electron chi connectivity index (χ0n) is 11.2. The molecule has 0 fully saturated rings. The van der Waals surface area contributed by atoms with Crippen LogP contribution in [0.15, 0.2) is 36.4 Å². The van der Waals surface area contributed by atoms with Crippen molar-refractivity contribution in [2.75, 3.05) is 14.2 Å². The molecule has 2 aromatic carbocycles. The van der Waals surface area contributed by atoms with Crippen LogP contribution < -0.4 is 15.2 Å². The maximum Gasteiger partial charge on any atom is 0.163 e. The minimum atomic E-state index is -0.787. The maximum atomic E-state index is 14.1. The highest BCUT2D eigenvalue weighted by molar-refractivity contribution is 5.46. The monoisotopic (exact) mass is 279 g/mol. The Labute approximate surface area is 115 Å². The van der Waals surface area contributed by atoms with Gasteiger partial charge in [0.2, 0.25) is 0 Å². The molecule has 0 spiro atoms. The fourth-order valence-corrected chi connectivity index (χ4v) is 1.99. The lowest BCUT2D eigenvalue weighted by Gasteiger charge is -2.16. The molecule has 1 atom stereocenters. The highest BCUT2D eigenvalue weighted by Gasteiger charge is 2.18. The molecular formula is C15H15F2NO2. The van der Waals surface area contributed by atoms with E-state index in [-0.39, 0.29) is 11.3 Å². The Morgan fingerprint density at radius 2 is 1.65 bits per heavy atom. The largest absolute Gasteiger partial charge is 0.493 e. The molecule has 0 aliphatic rings. The molecule has 5 heteroatoms. The maximum absolute atomic E-state index is 14.1. The first-order valence-electron chi connectivity index (χ1n) is 5.99. The van der Waals surface area contributed by atoms with E-state index >= 15 is 0 Å². The van der Waals surface area contributed by atoms with Gasteiger partial charge in [0.1, 0.15) is 11.6 Å². The van der Waals surface area contributed by atoms with Gasteiger partial charge in [0.05, 0.1) is 20.3 Å². The molecule has 0 amide bonds. The van der Waals surface area contributed by atoms with Crippen LogP contribution in [0.25, 0.3) is 0 Å². The van der Waals surface area contributed by atoms with Crippen molar-refractivity contribution >= 4 is 0 Å². The van der Waals surface area contributed by atoms with Crippen LogP contribution >= 0.6 is 0 Å². The molecule has 0 aromatic heterocycles.